The lowest BCUT2D eigenvalue weighted by molar-refractivity contribution is 0.341. The van der Waals surface area contributed by atoms with E-state index >= 15 is 0 Å². The maximum atomic E-state index is 4.31. The third-order valence-corrected chi connectivity index (χ3v) is 5.19. The van der Waals surface area contributed by atoms with Gasteiger partial charge in [-0.1, -0.05) is 11.3 Å². The van der Waals surface area contributed by atoms with Crippen LogP contribution < -0.4 is 4.90 Å². The SMILES string of the molecule is Brc1cnn(CC2CN(c3nnc(C4CC4)s3)C2)c1. The van der Waals surface area contributed by atoms with Crippen LogP contribution >= 0.6 is 27.3 Å². The Balaban J connectivity index is 1.34. The molecule has 0 atom stereocenters. The molecule has 0 radical (unpaired) electrons. The van der Waals surface area contributed by atoms with E-state index in [0.29, 0.717) is 11.8 Å². The van der Waals surface area contributed by atoms with Gasteiger partial charge in [0.05, 0.1) is 10.7 Å². The van der Waals surface area contributed by atoms with Crippen molar-refractivity contribution < 1.29 is 0 Å². The number of aromatic nitrogens is 4. The summed E-state index contributed by atoms with van der Waals surface area (Å²) in [6.07, 6.45) is 6.46. The number of halogens is 1. The molecule has 2 aromatic heterocycles. The molecule has 1 aliphatic carbocycles. The van der Waals surface area contributed by atoms with Crippen molar-refractivity contribution in [3.05, 3.63) is 21.9 Å². The molecule has 0 spiro atoms. The summed E-state index contributed by atoms with van der Waals surface area (Å²) in [6.45, 7) is 3.12. The Bertz CT molecular complexity index is 584. The van der Waals surface area contributed by atoms with Gasteiger partial charge in [0.25, 0.3) is 0 Å². The van der Waals surface area contributed by atoms with Gasteiger partial charge in [0, 0.05) is 37.7 Å². The predicted molar refractivity (Wildman–Crippen MR) is 77.5 cm³/mol. The topological polar surface area (TPSA) is 46.8 Å². The zero-order chi connectivity index (χ0) is 12.8. The average molecular weight is 340 g/mol. The zero-order valence-corrected chi connectivity index (χ0v) is 12.8. The molecule has 5 nitrogen and oxygen atoms in total. The van der Waals surface area contributed by atoms with Crippen molar-refractivity contribution >= 4 is 32.4 Å². The van der Waals surface area contributed by atoms with E-state index in [1.165, 1.54) is 17.8 Å². The molecule has 4 rings (SSSR count). The Morgan fingerprint density at radius 2 is 2.16 bits per heavy atom. The molecule has 2 aromatic rings. The number of anilines is 1. The van der Waals surface area contributed by atoms with Crippen molar-refractivity contribution in [1.82, 2.24) is 20.0 Å². The van der Waals surface area contributed by atoms with Crippen LogP contribution in [-0.4, -0.2) is 33.1 Å². The highest BCUT2D eigenvalue weighted by atomic mass is 79.9. The van der Waals surface area contributed by atoms with Crippen molar-refractivity contribution in [2.24, 2.45) is 5.92 Å². The minimum atomic E-state index is 0.667. The van der Waals surface area contributed by atoms with E-state index in [-0.39, 0.29) is 0 Å². The summed E-state index contributed by atoms with van der Waals surface area (Å²) in [7, 11) is 0. The van der Waals surface area contributed by atoms with Gasteiger partial charge >= 0.3 is 0 Å². The van der Waals surface area contributed by atoms with E-state index in [1.807, 2.05) is 17.1 Å². The van der Waals surface area contributed by atoms with E-state index < -0.39 is 0 Å². The largest absolute Gasteiger partial charge is 0.346 e. The first-order valence-corrected chi connectivity index (χ1v) is 8.15. The fourth-order valence-electron chi connectivity index (χ4n) is 2.39. The summed E-state index contributed by atoms with van der Waals surface area (Å²) >= 11 is 5.20. The molecule has 0 aromatic carbocycles. The molecule has 2 aliphatic rings. The third-order valence-electron chi connectivity index (χ3n) is 3.63. The highest BCUT2D eigenvalue weighted by molar-refractivity contribution is 9.10. The van der Waals surface area contributed by atoms with Gasteiger partial charge in [0.1, 0.15) is 5.01 Å². The van der Waals surface area contributed by atoms with Gasteiger partial charge in [-0.25, -0.2) is 0 Å². The monoisotopic (exact) mass is 339 g/mol. The predicted octanol–water partition coefficient (Wildman–Crippen LogP) is 2.51. The Morgan fingerprint density at radius 3 is 2.84 bits per heavy atom. The first-order chi connectivity index (χ1) is 9.28. The molecule has 1 saturated heterocycles. The molecule has 0 N–H and O–H groups in total. The number of hydrogen-bond donors (Lipinski definition) is 0. The van der Waals surface area contributed by atoms with E-state index in [4.69, 9.17) is 0 Å². The van der Waals surface area contributed by atoms with Crippen LogP contribution in [-0.2, 0) is 6.54 Å². The van der Waals surface area contributed by atoms with E-state index in [9.17, 15) is 0 Å². The number of hydrogen-bond acceptors (Lipinski definition) is 5. The molecule has 0 unspecified atom stereocenters. The van der Waals surface area contributed by atoms with Crippen molar-refractivity contribution in [3.8, 4) is 0 Å². The van der Waals surface area contributed by atoms with Crippen LogP contribution in [0.15, 0.2) is 16.9 Å². The van der Waals surface area contributed by atoms with Crippen LogP contribution in [0.3, 0.4) is 0 Å². The minimum absolute atomic E-state index is 0.667. The van der Waals surface area contributed by atoms with Crippen molar-refractivity contribution in [3.63, 3.8) is 0 Å². The molecule has 1 aliphatic heterocycles. The maximum Gasteiger partial charge on any atom is 0.208 e. The standard InChI is InChI=1S/C12H14BrN5S/c13-10-3-14-18(7-10)6-8-4-17(5-8)12-16-15-11(19-12)9-1-2-9/h3,7-9H,1-2,4-6H2. The minimum Gasteiger partial charge on any atom is -0.346 e. The van der Waals surface area contributed by atoms with Crippen LogP contribution in [0.1, 0.15) is 23.8 Å². The second-order valence-electron chi connectivity index (χ2n) is 5.35. The quantitative estimate of drug-likeness (QED) is 0.858. The average Bonchev–Trinajstić information content (AvgIpc) is 2.94. The highest BCUT2D eigenvalue weighted by Gasteiger charge is 2.32. The van der Waals surface area contributed by atoms with Crippen LogP contribution in [0.4, 0.5) is 5.13 Å². The van der Waals surface area contributed by atoms with Gasteiger partial charge in [-0.05, 0) is 28.8 Å². The summed E-state index contributed by atoms with van der Waals surface area (Å²) < 4.78 is 3.05. The number of nitrogens with zero attached hydrogens (tertiary/aromatic N) is 5. The zero-order valence-electron chi connectivity index (χ0n) is 10.4. The molecule has 0 amide bonds. The van der Waals surface area contributed by atoms with Gasteiger partial charge in [0.15, 0.2) is 0 Å². The fourth-order valence-corrected chi connectivity index (χ4v) is 3.75. The van der Waals surface area contributed by atoms with Gasteiger partial charge in [-0.15, -0.1) is 10.2 Å². The van der Waals surface area contributed by atoms with Crippen molar-refractivity contribution in [2.75, 3.05) is 18.0 Å². The van der Waals surface area contributed by atoms with E-state index in [0.717, 1.165) is 29.2 Å². The molecule has 2 fully saturated rings. The Hall–Kier alpha value is -0.950. The highest BCUT2D eigenvalue weighted by Crippen LogP contribution is 2.43. The van der Waals surface area contributed by atoms with E-state index in [1.54, 1.807) is 11.3 Å². The van der Waals surface area contributed by atoms with Crippen molar-refractivity contribution in [2.45, 2.75) is 25.3 Å². The molecule has 100 valence electrons. The molecular formula is C12H14BrN5S. The van der Waals surface area contributed by atoms with Crippen LogP contribution in [0.2, 0.25) is 0 Å². The molecule has 7 heteroatoms. The van der Waals surface area contributed by atoms with Crippen LogP contribution in [0.5, 0.6) is 0 Å². The molecule has 3 heterocycles. The lowest BCUT2D eigenvalue weighted by Crippen LogP contribution is -2.48. The van der Waals surface area contributed by atoms with Gasteiger partial charge in [0.2, 0.25) is 5.13 Å². The second-order valence-corrected chi connectivity index (χ2v) is 7.25. The van der Waals surface area contributed by atoms with E-state index in [2.05, 4.69) is 36.1 Å². The fraction of sp³-hybridized carbons (Fsp3) is 0.583. The van der Waals surface area contributed by atoms with Crippen LogP contribution in [0.25, 0.3) is 0 Å². The Morgan fingerprint density at radius 1 is 1.32 bits per heavy atom. The molecular weight excluding hydrogens is 326 g/mol. The van der Waals surface area contributed by atoms with Gasteiger partial charge in [-0.2, -0.15) is 5.10 Å². The number of rotatable bonds is 4. The van der Waals surface area contributed by atoms with Crippen LogP contribution in [0, 0.1) is 5.92 Å². The van der Waals surface area contributed by atoms with Crippen molar-refractivity contribution in [1.29, 1.82) is 0 Å². The Labute approximate surface area is 123 Å². The molecule has 0 bridgehead atoms. The normalized spacial score (nSPS) is 19.7. The summed E-state index contributed by atoms with van der Waals surface area (Å²) in [5.74, 6) is 1.38. The summed E-state index contributed by atoms with van der Waals surface area (Å²) in [6, 6.07) is 0. The summed E-state index contributed by atoms with van der Waals surface area (Å²) in [5.41, 5.74) is 0. The first kappa shape index (κ1) is 11.8. The maximum absolute atomic E-state index is 4.31. The lowest BCUT2D eigenvalue weighted by atomic mass is 10.0. The molecule has 19 heavy (non-hydrogen) atoms. The summed E-state index contributed by atoms with van der Waals surface area (Å²) in [4.78, 5) is 2.33. The van der Waals surface area contributed by atoms with Gasteiger partial charge in [-0.3, -0.25) is 4.68 Å². The smallest absolute Gasteiger partial charge is 0.208 e. The first-order valence-electron chi connectivity index (χ1n) is 6.54. The van der Waals surface area contributed by atoms with Gasteiger partial charge < -0.3 is 4.90 Å². The Kier molecular flexibility index (Phi) is 2.84. The lowest BCUT2D eigenvalue weighted by Gasteiger charge is -2.38. The molecule has 1 saturated carbocycles. The third kappa shape index (κ3) is 2.41. The summed E-state index contributed by atoms with van der Waals surface area (Å²) in [5, 5.41) is 15.2. The second kappa shape index (κ2) is 4.56.